The summed E-state index contributed by atoms with van der Waals surface area (Å²) in [5.74, 6) is 1.74. The number of benzene rings is 2. The maximum Gasteiger partial charge on any atom is 0.144 e. The zero-order valence-corrected chi connectivity index (χ0v) is 12.3. The van der Waals surface area contributed by atoms with Gasteiger partial charge in [-0.2, -0.15) is 0 Å². The smallest absolute Gasteiger partial charge is 0.144 e. The minimum atomic E-state index is 0.833. The normalized spacial score (nSPS) is 10.9. The van der Waals surface area contributed by atoms with E-state index in [1.165, 1.54) is 0 Å². The molecule has 0 bridgehead atoms. The molecule has 0 aliphatic rings. The fourth-order valence-corrected chi connectivity index (χ4v) is 2.58. The summed E-state index contributed by atoms with van der Waals surface area (Å²) in [5, 5.41) is 0. The van der Waals surface area contributed by atoms with Crippen LogP contribution in [0.4, 0.5) is 0 Å². The van der Waals surface area contributed by atoms with Gasteiger partial charge in [0.2, 0.25) is 0 Å². The molecular formula is C15H13BrN2O. The molecule has 2 aromatic carbocycles. The van der Waals surface area contributed by atoms with Gasteiger partial charge in [-0.3, -0.25) is 0 Å². The van der Waals surface area contributed by atoms with Gasteiger partial charge in [0.15, 0.2) is 0 Å². The fraction of sp³-hybridized carbons (Fsp3) is 0.133. The Kier molecular flexibility index (Phi) is 3.03. The first-order chi connectivity index (χ1) is 9.20. The summed E-state index contributed by atoms with van der Waals surface area (Å²) >= 11 is 3.49. The maximum atomic E-state index is 5.41. The second-order valence-corrected chi connectivity index (χ2v) is 5.24. The summed E-state index contributed by atoms with van der Waals surface area (Å²) in [7, 11) is 3.70. The molecule has 0 saturated heterocycles. The van der Waals surface area contributed by atoms with Crippen LogP contribution in [-0.4, -0.2) is 16.7 Å². The van der Waals surface area contributed by atoms with Gasteiger partial charge in [-0.1, -0.05) is 28.1 Å². The highest BCUT2D eigenvalue weighted by Gasteiger charge is 2.13. The van der Waals surface area contributed by atoms with Gasteiger partial charge in [-0.05, 0) is 30.3 Å². The number of hydrogen-bond acceptors (Lipinski definition) is 2. The van der Waals surface area contributed by atoms with E-state index in [9.17, 15) is 0 Å². The number of imidazole rings is 1. The van der Waals surface area contributed by atoms with Crippen LogP contribution in [0.15, 0.2) is 46.9 Å². The molecular weight excluding hydrogens is 304 g/mol. The Morgan fingerprint density at radius 2 is 1.95 bits per heavy atom. The van der Waals surface area contributed by atoms with Crippen LogP contribution in [-0.2, 0) is 7.05 Å². The second kappa shape index (κ2) is 4.70. The Hall–Kier alpha value is -1.81. The molecule has 3 aromatic rings. The van der Waals surface area contributed by atoms with Crippen LogP contribution in [0.1, 0.15) is 0 Å². The average Bonchev–Trinajstić information content (AvgIpc) is 2.76. The van der Waals surface area contributed by atoms with Crippen molar-refractivity contribution in [2.24, 2.45) is 7.05 Å². The molecule has 96 valence electrons. The van der Waals surface area contributed by atoms with Crippen molar-refractivity contribution in [2.45, 2.75) is 0 Å². The van der Waals surface area contributed by atoms with Crippen molar-refractivity contribution in [3.05, 3.63) is 46.9 Å². The van der Waals surface area contributed by atoms with E-state index in [4.69, 9.17) is 9.72 Å². The van der Waals surface area contributed by atoms with Gasteiger partial charge in [-0.25, -0.2) is 4.98 Å². The highest BCUT2D eigenvalue weighted by atomic mass is 79.9. The zero-order chi connectivity index (χ0) is 13.4. The lowest BCUT2D eigenvalue weighted by Gasteiger charge is -2.07. The number of hydrogen-bond donors (Lipinski definition) is 0. The molecule has 4 heteroatoms. The molecule has 0 atom stereocenters. The van der Waals surface area contributed by atoms with Crippen LogP contribution in [0.2, 0.25) is 0 Å². The third-order valence-electron chi connectivity index (χ3n) is 3.19. The number of fused-ring (bicyclic) bond motifs is 1. The lowest BCUT2D eigenvalue weighted by molar-refractivity contribution is 0.416. The van der Waals surface area contributed by atoms with Crippen molar-refractivity contribution in [1.82, 2.24) is 9.55 Å². The second-order valence-electron chi connectivity index (χ2n) is 4.33. The monoisotopic (exact) mass is 316 g/mol. The summed E-state index contributed by atoms with van der Waals surface area (Å²) < 4.78 is 8.54. The average molecular weight is 317 g/mol. The predicted molar refractivity (Wildman–Crippen MR) is 80.4 cm³/mol. The third kappa shape index (κ3) is 2.02. The third-order valence-corrected chi connectivity index (χ3v) is 3.68. The molecule has 0 aliphatic carbocycles. The Labute approximate surface area is 120 Å². The molecule has 0 spiro atoms. The number of methoxy groups -OCH3 is 1. The van der Waals surface area contributed by atoms with Crippen molar-refractivity contribution in [3.63, 3.8) is 0 Å². The summed E-state index contributed by atoms with van der Waals surface area (Å²) in [5.41, 5.74) is 3.07. The number of ether oxygens (including phenoxy) is 1. The molecule has 3 rings (SSSR count). The number of aryl methyl sites for hydroxylation is 1. The standard InChI is InChI=1S/C15H13BrN2O/c1-18-13-9-10(16)7-8-12(13)17-15(18)11-5-3-4-6-14(11)19-2/h3-9H,1-2H3. The summed E-state index contributed by atoms with van der Waals surface area (Å²) in [6, 6.07) is 14.0. The molecule has 0 aliphatic heterocycles. The minimum Gasteiger partial charge on any atom is -0.496 e. The van der Waals surface area contributed by atoms with Crippen molar-refractivity contribution < 1.29 is 4.74 Å². The van der Waals surface area contributed by atoms with Crippen LogP contribution in [0.5, 0.6) is 5.75 Å². The number of para-hydroxylation sites is 1. The van der Waals surface area contributed by atoms with E-state index in [0.717, 1.165) is 32.6 Å². The van der Waals surface area contributed by atoms with Gasteiger partial charge in [0, 0.05) is 11.5 Å². The van der Waals surface area contributed by atoms with E-state index in [1.807, 2.05) is 43.4 Å². The Morgan fingerprint density at radius 1 is 1.16 bits per heavy atom. The highest BCUT2D eigenvalue weighted by Crippen LogP contribution is 2.31. The molecule has 1 aromatic heterocycles. The maximum absolute atomic E-state index is 5.41. The van der Waals surface area contributed by atoms with E-state index in [1.54, 1.807) is 7.11 Å². The quantitative estimate of drug-likeness (QED) is 0.714. The van der Waals surface area contributed by atoms with Crippen molar-refractivity contribution in [1.29, 1.82) is 0 Å². The Balaban J connectivity index is 2.28. The van der Waals surface area contributed by atoms with E-state index in [0.29, 0.717) is 0 Å². The van der Waals surface area contributed by atoms with Crippen LogP contribution >= 0.6 is 15.9 Å². The molecule has 3 nitrogen and oxygen atoms in total. The summed E-state index contributed by atoms with van der Waals surface area (Å²) in [4.78, 5) is 4.69. The summed E-state index contributed by atoms with van der Waals surface area (Å²) in [6.45, 7) is 0. The fourth-order valence-electron chi connectivity index (χ4n) is 2.23. The topological polar surface area (TPSA) is 27.1 Å². The molecule has 0 fully saturated rings. The first kappa shape index (κ1) is 12.2. The Morgan fingerprint density at radius 3 is 2.74 bits per heavy atom. The minimum absolute atomic E-state index is 0.833. The highest BCUT2D eigenvalue weighted by molar-refractivity contribution is 9.10. The summed E-state index contributed by atoms with van der Waals surface area (Å²) in [6.07, 6.45) is 0. The molecule has 0 N–H and O–H groups in total. The number of aromatic nitrogens is 2. The number of nitrogens with zero attached hydrogens (tertiary/aromatic N) is 2. The van der Waals surface area contributed by atoms with E-state index in [2.05, 4.69) is 26.6 Å². The lowest BCUT2D eigenvalue weighted by Crippen LogP contribution is -1.95. The number of halogens is 1. The van der Waals surface area contributed by atoms with E-state index >= 15 is 0 Å². The van der Waals surface area contributed by atoms with Gasteiger partial charge in [0.1, 0.15) is 11.6 Å². The first-order valence-electron chi connectivity index (χ1n) is 5.96. The van der Waals surface area contributed by atoms with E-state index in [-0.39, 0.29) is 0 Å². The molecule has 19 heavy (non-hydrogen) atoms. The van der Waals surface area contributed by atoms with Crippen LogP contribution in [0, 0.1) is 0 Å². The van der Waals surface area contributed by atoms with Gasteiger partial charge in [-0.15, -0.1) is 0 Å². The molecule has 0 saturated carbocycles. The van der Waals surface area contributed by atoms with Crippen molar-refractivity contribution >= 4 is 27.0 Å². The lowest BCUT2D eigenvalue weighted by atomic mass is 10.2. The SMILES string of the molecule is COc1ccccc1-c1nc2ccc(Br)cc2n1C. The van der Waals surface area contributed by atoms with Gasteiger partial charge in [0.05, 0.1) is 23.7 Å². The van der Waals surface area contributed by atoms with Crippen molar-refractivity contribution in [2.75, 3.05) is 7.11 Å². The van der Waals surface area contributed by atoms with Crippen LogP contribution in [0.3, 0.4) is 0 Å². The largest absolute Gasteiger partial charge is 0.496 e. The van der Waals surface area contributed by atoms with Crippen LogP contribution in [0.25, 0.3) is 22.4 Å². The number of rotatable bonds is 2. The Bertz CT molecular complexity index is 749. The van der Waals surface area contributed by atoms with Crippen LogP contribution < -0.4 is 4.74 Å². The van der Waals surface area contributed by atoms with E-state index < -0.39 is 0 Å². The zero-order valence-electron chi connectivity index (χ0n) is 10.7. The van der Waals surface area contributed by atoms with Gasteiger partial charge in [0.25, 0.3) is 0 Å². The molecule has 0 unspecified atom stereocenters. The van der Waals surface area contributed by atoms with Gasteiger partial charge < -0.3 is 9.30 Å². The molecule has 0 amide bonds. The molecule has 0 radical (unpaired) electrons. The van der Waals surface area contributed by atoms with Gasteiger partial charge >= 0.3 is 0 Å². The molecule has 1 heterocycles. The van der Waals surface area contributed by atoms with Crippen molar-refractivity contribution in [3.8, 4) is 17.1 Å². The first-order valence-corrected chi connectivity index (χ1v) is 6.75. The predicted octanol–water partition coefficient (Wildman–Crippen LogP) is 4.01.